The fourth-order valence-electron chi connectivity index (χ4n) is 4.42. The van der Waals surface area contributed by atoms with E-state index in [2.05, 4.69) is 15.5 Å². The van der Waals surface area contributed by atoms with Crippen LogP contribution in [-0.4, -0.2) is 62.6 Å². The van der Waals surface area contributed by atoms with Gasteiger partial charge in [0, 0.05) is 53.9 Å². The normalized spacial score (nSPS) is 13.4. The smallest absolute Gasteiger partial charge is 0.409 e. The standard InChI is InChI=1S/C29H30Cl2N4O4/c1-39-29(38)35-15-3-14-34(16-17-35)26-11-8-22(27(36)32-13-12-20-6-9-23(30)10-7-20)19-25(26)33-28(37)21-4-2-5-24(31)18-21/h2,4-11,18-19H,3,12-17H2,1H3,(H,32,36)(H,33,37). The van der Waals surface area contributed by atoms with Crippen molar-refractivity contribution in [3.8, 4) is 0 Å². The maximum atomic E-state index is 13.1. The second-order valence-electron chi connectivity index (χ2n) is 9.13. The molecule has 3 aromatic rings. The van der Waals surface area contributed by atoms with E-state index < -0.39 is 0 Å². The van der Waals surface area contributed by atoms with Gasteiger partial charge in [-0.15, -0.1) is 0 Å². The van der Waals surface area contributed by atoms with Crippen LogP contribution in [0.2, 0.25) is 10.0 Å². The number of nitrogens with zero attached hydrogens (tertiary/aromatic N) is 2. The second kappa shape index (κ2) is 13.4. The number of carbonyl (C=O) groups is 3. The van der Waals surface area contributed by atoms with Gasteiger partial charge in [0.1, 0.15) is 0 Å². The van der Waals surface area contributed by atoms with Crippen molar-refractivity contribution in [1.29, 1.82) is 0 Å². The second-order valence-corrected chi connectivity index (χ2v) is 10.00. The number of nitrogens with one attached hydrogen (secondary N) is 2. The molecule has 0 spiro atoms. The van der Waals surface area contributed by atoms with Crippen molar-refractivity contribution in [2.45, 2.75) is 12.8 Å². The Bertz CT molecular complexity index is 1330. The number of ether oxygens (including phenoxy) is 1. The Morgan fingerprint density at radius 3 is 2.36 bits per heavy atom. The van der Waals surface area contributed by atoms with Gasteiger partial charge in [-0.1, -0.05) is 41.4 Å². The number of benzene rings is 3. The maximum Gasteiger partial charge on any atom is 0.409 e. The molecule has 10 heteroatoms. The summed E-state index contributed by atoms with van der Waals surface area (Å²) >= 11 is 12.0. The van der Waals surface area contributed by atoms with Crippen molar-refractivity contribution in [2.24, 2.45) is 0 Å². The van der Waals surface area contributed by atoms with Gasteiger partial charge < -0.3 is 25.2 Å². The summed E-state index contributed by atoms with van der Waals surface area (Å²) in [5.74, 6) is -0.591. The van der Waals surface area contributed by atoms with E-state index in [1.54, 1.807) is 41.3 Å². The van der Waals surface area contributed by atoms with Gasteiger partial charge in [-0.05, 0) is 66.9 Å². The predicted molar refractivity (Wildman–Crippen MR) is 154 cm³/mol. The van der Waals surface area contributed by atoms with Crippen molar-refractivity contribution in [1.82, 2.24) is 10.2 Å². The first-order chi connectivity index (χ1) is 18.8. The van der Waals surface area contributed by atoms with Crippen LogP contribution in [-0.2, 0) is 11.2 Å². The van der Waals surface area contributed by atoms with E-state index >= 15 is 0 Å². The van der Waals surface area contributed by atoms with E-state index in [1.807, 2.05) is 30.3 Å². The van der Waals surface area contributed by atoms with Crippen LogP contribution in [0.15, 0.2) is 66.7 Å². The fraction of sp³-hybridized carbons (Fsp3) is 0.276. The highest BCUT2D eigenvalue weighted by Crippen LogP contribution is 2.29. The molecule has 1 saturated heterocycles. The lowest BCUT2D eigenvalue weighted by atomic mass is 10.1. The Morgan fingerprint density at radius 2 is 1.62 bits per heavy atom. The monoisotopic (exact) mass is 568 g/mol. The Kier molecular flexibility index (Phi) is 9.68. The zero-order valence-electron chi connectivity index (χ0n) is 21.6. The highest BCUT2D eigenvalue weighted by atomic mass is 35.5. The molecular weight excluding hydrogens is 539 g/mol. The molecule has 2 N–H and O–H groups in total. The Hall–Kier alpha value is -3.75. The Labute approximate surface area is 237 Å². The molecule has 0 bridgehead atoms. The van der Waals surface area contributed by atoms with Gasteiger partial charge in [-0.3, -0.25) is 9.59 Å². The van der Waals surface area contributed by atoms with Crippen molar-refractivity contribution in [3.63, 3.8) is 0 Å². The summed E-state index contributed by atoms with van der Waals surface area (Å²) in [7, 11) is 1.37. The molecule has 4 rings (SSSR count). The van der Waals surface area contributed by atoms with E-state index in [4.69, 9.17) is 27.9 Å². The number of halogens is 2. The molecule has 1 fully saturated rings. The van der Waals surface area contributed by atoms with Crippen LogP contribution in [0, 0.1) is 0 Å². The molecule has 3 amide bonds. The van der Waals surface area contributed by atoms with Gasteiger partial charge >= 0.3 is 6.09 Å². The summed E-state index contributed by atoms with van der Waals surface area (Å²) < 4.78 is 4.88. The zero-order valence-corrected chi connectivity index (χ0v) is 23.1. The Morgan fingerprint density at radius 1 is 0.846 bits per heavy atom. The van der Waals surface area contributed by atoms with Crippen LogP contribution in [0.3, 0.4) is 0 Å². The zero-order chi connectivity index (χ0) is 27.8. The third kappa shape index (κ3) is 7.65. The first-order valence-electron chi connectivity index (χ1n) is 12.7. The summed E-state index contributed by atoms with van der Waals surface area (Å²) in [5, 5.41) is 7.02. The van der Waals surface area contributed by atoms with E-state index in [9.17, 15) is 14.4 Å². The lowest BCUT2D eigenvalue weighted by Gasteiger charge is -2.26. The minimum Gasteiger partial charge on any atom is -0.453 e. The molecule has 1 heterocycles. The number of rotatable bonds is 7. The fourth-order valence-corrected chi connectivity index (χ4v) is 4.74. The van der Waals surface area contributed by atoms with Crippen LogP contribution in [0.5, 0.6) is 0 Å². The Balaban J connectivity index is 1.53. The average Bonchev–Trinajstić information content (AvgIpc) is 3.20. The van der Waals surface area contributed by atoms with Gasteiger partial charge in [-0.2, -0.15) is 0 Å². The molecule has 0 aliphatic carbocycles. The first kappa shape index (κ1) is 28.3. The molecule has 0 atom stereocenters. The minimum absolute atomic E-state index is 0.249. The average molecular weight is 569 g/mol. The van der Waals surface area contributed by atoms with Gasteiger partial charge in [0.15, 0.2) is 0 Å². The van der Waals surface area contributed by atoms with Gasteiger partial charge in [0.05, 0.1) is 18.5 Å². The van der Waals surface area contributed by atoms with Gasteiger partial charge in [0.25, 0.3) is 11.8 Å². The summed E-state index contributed by atoms with van der Waals surface area (Å²) in [6, 6.07) is 19.4. The number of hydrogen-bond donors (Lipinski definition) is 2. The molecule has 0 unspecified atom stereocenters. The first-order valence-corrected chi connectivity index (χ1v) is 13.4. The summed E-state index contributed by atoms with van der Waals surface area (Å²) in [6.45, 7) is 2.70. The molecule has 1 aliphatic rings. The van der Waals surface area contributed by atoms with Crippen LogP contribution in [0.1, 0.15) is 32.7 Å². The number of hydrogen-bond acceptors (Lipinski definition) is 5. The molecule has 0 radical (unpaired) electrons. The van der Waals surface area contributed by atoms with Crippen LogP contribution >= 0.6 is 23.2 Å². The van der Waals surface area contributed by atoms with E-state index in [-0.39, 0.29) is 17.9 Å². The molecule has 8 nitrogen and oxygen atoms in total. The summed E-state index contributed by atoms with van der Waals surface area (Å²) in [6.07, 6.45) is 1.02. The van der Waals surface area contributed by atoms with Gasteiger partial charge in [-0.25, -0.2) is 4.79 Å². The molecule has 204 valence electrons. The topological polar surface area (TPSA) is 91.0 Å². The molecule has 0 aromatic heterocycles. The molecule has 1 aliphatic heterocycles. The third-order valence-electron chi connectivity index (χ3n) is 6.48. The van der Waals surface area contributed by atoms with Gasteiger partial charge in [0.2, 0.25) is 0 Å². The van der Waals surface area contributed by atoms with Crippen LogP contribution in [0.4, 0.5) is 16.2 Å². The molecular formula is C29H30Cl2N4O4. The van der Waals surface area contributed by atoms with Crippen molar-refractivity contribution in [2.75, 3.05) is 50.1 Å². The number of methoxy groups -OCH3 is 1. The highest BCUT2D eigenvalue weighted by molar-refractivity contribution is 6.31. The predicted octanol–water partition coefficient (Wildman–Crippen LogP) is 5.50. The summed E-state index contributed by atoms with van der Waals surface area (Å²) in [4.78, 5) is 41.9. The molecule has 3 aromatic carbocycles. The lowest BCUT2D eigenvalue weighted by Crippen LogP contribution is -2.35. The SMILES string of the molecule is COC(=O)N1CCCN(c2ccc(C(=O)NCCc3ccc(Cl)cc3)cc2NC(=O)c2cccc(Cl)c2)CC1. The number of carbonyl (C=O) groups excluding carboxylic acids is 3. The minimum atomic E-state index is -0.364. The lowest BCUT2D eigenvalue weighted by molar-refractivity contribution is 0.0952. The van der Waals surface area contributed by atoms with E-state index in [0.717, 1.165) is 17.7 Å². The highest BCUT2D eigenvalue weighted by Gasteiger charge is 2.22. The quantitative estimate of drug-likeness (QED) is 0.393. The van der Waals surface area contributed by atoms with E-state index in [0.29, 0.717) is 66.0 Å². The van der Waals surface area contributed by atoms with Crippen molar-refractivity contribution < 1.29 is 19.1 Å². The third-order valence-corrected chi connectivity index (χ3v) is 6.96. The van der Waals surface area contributed by atoms with Crippen molar-refractivity contribution >= 4 is 52.5 Å². The maximum absolute atomic E-state index is 13.1. The molecule has 0 saturated carbocycles. The summed E-state index contributed by atoms with van der Waals surface area (Å²) in [5.41, 5.74) is 3.14. The van der Waals surface area contributed by atoms with Crippen LogP contribution in [0.25, 0.3) is 0 Å². The van der Waals surface area contributed by atoms with Crippen molar-refractivity contribution in [3.05, 3.63) is 93.5 Å². The van der Waals surface area contributed by atoms with Crippen LogP contribution < -0.4 is 15.5 Å². The number of anilines is 2. The number of amides is 3. The largest absolute Gasteiger partial charge is 0.453 e. The molecule has 39 heavy (non-hydrogen) atoms. The van der Waals surface area contributed by atoms with E-state index in [1.165, 1.54) is 7.11 Å².